The smallest absolute Gasteiger partial charge is 0.275 e. The maximum absolute atomic E-state index is 12.6. The zero-order chi connectivity index (χ0) is 16.8. The van der Waals surface area contributed by atoms with Crippen molar-refractivity contribution in [2.24, 2.45) is 7.05 Å². The molecule has 24 heavy (non-hydrogen) atoms. The van der Waals surface area contributed by atoms with Crippen LogP contribution in [0.25, 0.3) is 22.3 Å². The summed E-state index contributed by atoms with van der Waals surface area (Å²) in [5.74, 6) is -0.0408. The van der Waals surface area contributed by atoms with Gasteiger partial charge >= 0.3 is 0 Å². The highest BCUT2D eigenvalue weighted by molar-refractivity contribution is 6.00. The lowest BCUT2D eigenvalue weighted by Gasteiger charge is -2.15. The summed E-state index contributed by atoms with van der Waals surface area (Å²) in [5, 5.41) is 4.37. The van der Waals surface area contributed by atoms with Gasteiger partial charge in [0.1, 0.15) is 0 Å². The zero-order valence-electron chi connectivity index (χ0n) is 13.9. The predicted molar refractivity (Wildman–Crippen MR) is 92.4 cm³/mol. The quantitative estimate of drug-likeness (QED) is 0.693. The number of aryl methyl sites for hydroxylation is 2. The van der Waals surface area contributed by atoms with Gasteiger partial charge in [0.2, 0.25) is 0 Å². The van der Waals surface area contributed by atoms with Gasteiger partial charge in [-0.1, -0.05) is 18.2 Å². The third-order valence-corrected chi connectivity index (χ3v) is 4.50. The topological polar surface area (TPSA) is 51.0 Å². The van der Waals surface area contributed by atoms with Crippen LogP contribution in [0.1, 0.15) is 21.7 Å². The highest BCUT2D eigenvalue weighted by Gasteiger charge is 2.27. The van der Waals surface area contributed by atoms with E-state index in [9.17, 15) is 4.79 Å². The Morgan fingerprint density at radius 2 is 1.92 bits per heavy atom. The number of hydrogen-bond acceptors (Lipinski definition) is 3. The van der Waals surface area contributed by atoms with Crippen molar-refractivity contribution in [3.8, 4) is 22.3 Å². The van der Waals surface area contributed by atoms with Crippen molar-refractivity contribution in [1.82, 2.24) is 19.7 Å². The summed E-state index contributed by atoms with van der Waals surface area (Å²) in [6, 6.07) is 10.4. The van der Waals surface area contributed by atoms with Gasteiger partial charge in [0.05, 0.1) is 0 Å². The molecule has 0 atom stereocenters. The second-order valence-electron chi connectivity index (χ2n) is 6.23. The Morgan fingerprint density at radius 3 is 2.71 bits per heavy atom. The molecule has 120 valence electrons. The fourth-order valence-corrected chi connectivity index (χ4v) is 3.27. The van der Waals surface area contributed by atoms with Gasteiger partial charge in [-0.15, -0.1) is 0 Å². The van der Waals surface area contributed by atoms with E-state index in [1.54, 1.807) is 15.8 Å². The molecule has 0 unspecified atom stereocenters. The highest BCUT2D eigenvalue weighted by atomic mass is 16.2. The van der Waals surface area contributed by atoms with Gasteiger partial charge in [-0.2, -0.15) is 5.10 Å². The minimum atomic E-state index is -0.0408. The normalized spacial score (nSPS) is 13.5. The molecule has 2 aromatic heterocycles. The van der Waals surface area contributed by atoms with E-state index in [1.807, 2.05) is 33.3 Å². The SMILES string of the molecule is Cc1ncccc1-c1ccc2c(c1)-c1cn(C)nc1C(=O)N(C)C2. The molecule has 3 aromatic rings. The van der Waals surface area contributed by atoms with Crippen LogP contribution in [0.5, 0.6) is 0 Å². The minimum absolute atomic E-state index is 0.0408. The van der Waals surface area contributed by atoms with Gasteiger partial charge in [0.15, 0.2) is 5.69 Å². The van der Waals surface area contributed by atoms with Crippen molar-refractivity contribution >= 4 is 5.91 Å². The van der Waals surface area contributed by atoms with Crippen molar-refractivity contribution < 1.29 is 4.79 Å². The molecule has 0 bridgehead atoms. The summed E-state index contributed by atoms with van der Waals surface area (Å²) in [6.45, 7) is 2.59. The van der Waals surface area contributed by atoms with E-state index in [-0.39, 0.29) is 5.91 Å². The van der Waals surface area contributed by atoms with Crippen molar-refractivity contribution in [2.75, 3.05) is 7.05 Å². The molecule has 1 aliphatic rings. The Balaban J connectivity index is 1.95. The number of rotatable bonds is 1. The van der Waals surface area contributed by atoms with E-state index in [0.29, 0.717) is 12.2 Å². The van der Waals surface area contributed by atoms with Crippen molar-refractivity contribution in [2.45, 2.75) is 13.5 Å². The maximum Gasteiger partial charge on any atom is 0.275 e. The van der Waals surface area contributed by atoms with Crippen LogP contribution in [0, 0.1) is 6.92 Å². The molecule has 0 saturated heterocycles. The largest absolute Gasteiger partial charge is 0.336 e. The molecule has 0 N–H and O–H groups in total. The summed E-state index contributed by atoms with van der Waals surface area (Å²) in [7, 11) is 3.66. The summed E-state index contributed by atoms with van der Waals surface area (Å²) in [6.07, 6.45) is 3.72. The molecular formula is C19H18N4O. The molecular weight excluding hydrogens is 300 g/mol. The number of aromatic nitrogens is 3. The van der Waals surface area contributed by atoms with Crippen LogP contribution < -0.4 is 0 Å². The van der Waals surface area contributed by atoms with E-state index in [1.165, 1.54) is 0 Å². The summed E-state index contributed by atoms with van der Waals surface area (Å²) >= 11 is 0. The molecule has 0 spiro atoms. The highest BCUT2D eigenvalue weighted by Crippen LogP contribution is 2.35. The predicted octanol–water partition coefficient (Wildman–Crippen LogP) is 3.04. The lowest BCUT2D eigenvalue weighted by Crippen LogP contribution is -2.25. The molecule has 5 nitrogen and oxygen atoms in total. The van der Waals surface area contributed by atoms with E-state index in [4.69, 9.17) is 0 Å². The van der Waals surface area contributed by atoms with Gasteiger partial charge in [0.25, 0.3) is 5.91 Å². The Hall–Kier alpha value is -2.95. The molecule has 0 saturated carbocycles. The Bertz CT molecular complexity index is 958. The average Bonchev–Trinajstić information content (AvgIpc) is 2.93. The number of benzene rings is 1. The molecule has 1 amide bonds. The number of hydrogen-bond donors (Lipinski definition) is 0. The second kappa shape index (κ2) is 5.30. The maximum atomic E-state index is 12.6. The van der Waals surface area contributed by atoms with Gasteiger partial charge in [0, 0.05) is 49.9 Å². The Labute approximate surface area is 140 Å². The fraction of sp³-hybridized carbons (Fsp3) is 0.211. The van der Waals surface area contributed by atoms with Gasteiger partial charge in [-0.05, 0) is 35.7 Å². The molecule has 3 heterocycles. The zero-order valence-corrected chi connectivity index (χ0v) is 13.9. The third-order valence-electron chi connectivity index (χ3n) is 4.50. The minimum Gasteiger partial charge on any atom is -0.336 e. The summed E-state index contributed by atoms with van der Waals surface area (Å²) < 4.78 is 1.70. The second-order valence-corrected chi connectivity index (χ2v) is 6.23. The lowest BCUT2D eigenvalue weighted by atomic mass is 9.95. The van der Waals surface area contributed by atoms with E-state index in [2.05, 4.69) is 34.3 Å². The van der Waals surface area contributed by atoms with Gasteiger partial charge in [-0.25, -0.2) is 0 Å². The van der Waals surface area contributed by atoms with Gasteiger partial charge in [-0.3, -0.25) is 14.5 Å². The molecule has 1 aliphatic heterocycles. The number of pyridine rings is 1. The summed E-state index contributed by atoms with van der Waals surface area (Å²) in [4.78, 5) is 18.7. The van der Waals surface area contributed by atoms with Crippen LogP contribution in [0.3, 0.4) is 0 Å². The Kier molecular flexibility index (Phi) is 3.23. The molecule has 1 aromatic carbocycles. The van der Waals surface area contributed by atoms with Crippen LogP contribution in [0.4, 0.5) is 0 Å². The first-order valence-electron chi connectivity index (χ1n) is 7.89. The van der Waals surface area contributed by atoms with Gasteiger partial charge < -0.3 is 4.90 Å². The molecule has 0 aliphatic carbocycles. The first kappa shape index (κ1) is 14.6. The molecule has 0 fully saturated rings. The number of carbonyl (C=O) groups is 1. The number of amides is 1. The number of carbonyl (C=O) groups excluding carboxylic acids is 1. The number of nitrogens with zero attached hydrogens (tertiary/aromatic N) is 4. The standard InChI is InChI=1S/C19H18N4O/c1-12-15(5-4-8-20-12)13-6-7-14-10-22(2)19(24)18-17(16(14)9-13)11-23(3)21-18/h4-9,11H,10H2,1-3H3. The van der Waals surface area contributed by atoms with Crippen LogP contribution in [0.2, 0.25) is 0 Å². The fourth-order valence-electron chi connectivity index (χ4n) is 3.27. The van der Waals surface area contributed by atoms with Crippen molar-refractivity contribution in [1.29, 1.82) is 0 Å². The van der Waals surface area contributed by atoms with Crippen LogP contribution >= 0.6 is 0 Å². The molecule has 4 rings (SSSR count). The van der Waals surface area contributed by atoms with Crippen LogP contribution in [0.15, 0.2) is 42.7 Å². The third kappa shape index (κ3) is 2.21. The molecule has 5 heteroatoms. The number of fused-ring (bicyclic) bond motifs is 3. The molecule has 0 radical (unpaired) electrons. The van der Waals surface area contributed by atoms with Crippen LogP contribution in [-0.2, 0) is 13.6 Å². The summed E-state index contributed by atoms with van der Waals surface area (Å²) in [5.41, 5.74) is 6.80. The monoisotopic (exact) mass is 318 g/mol. The lowest BCUT2D eigenvalue weighted by molar-refractivity contribution is 0.0782. The van der Waals surface area contributed by atoms with Crippen LogP contribution in [-0.4, -0.2) is 32.6 Å². The average molecular weight is 318 g/mol. The Morgan fingerprint density at radius 1 is 1.08 bits per heavy atom. The van der Waals surface area contributed by atoms with Crippen molar-refractivity contribution in [3.05, 3.63) is 59.7 Å². The van der Waals surface area contributed by atoms with E-state index >= 15 is 0 Å². The van der Waals surface area contributed by atoms with Crippen molar-refractivity contribution in [3.63, 3.8) is 0 Å². The van der Waals surface area contributed by atoms with E-state index in [0.717, 1.165) is 33.5 Å². The van der Waals surface area contributed by atoms with E-state index < -0.39 is 0 Å². The first-order chi connectivity index (χ1) is 11.5. The first-order valence-corrected chi connectivity index (χ1v) is 7.89.